The fourth-order valence-electron chi connectivity index (χ4n) is 6.65. The lowest BCUT2D eigenvalue weighted by Crippen LogP contribution is -2.54. The van der Waals surface area contributed by atoms with Gasteiger partial charge in [0.15, 0.2) is 5.69 Å². The van der Waals surface area contributed by atoms with Gasteiger partial charge in [0.05, 0.1) is 18.1 Å². The van der Waals surface area contributed by atoms with Crippen LogP contribution in [0, 0.1) is 11.6 Å². The number of halogens is 2. The summed E-state index contributed by atoms with van der Waals surface area (Å²) >= 11 is 0. The highest BCUT2D eigenvalue weighted by molar-refractivity contribution is 5.98. The highest BCUT2D eigenvalue weighted by Gasteiger charge is 2.46. The molecule has 1 aliphatic carbocycles. The second-order valence-electron chi connectivity index (χ2n) is 11.1. The Morgan fingerprint density at radius 1 is 1.15 bits per heavy atom. The molecule has 0 spiro atoms. The summed E-state index contributed by atoms with van der Waals surface area (Å²) in [7, 11) is 0. The topological polar surface area (TPSA) is 102 Å². The van der Waals surface area contributed by atoms with E-state index >= 15 is 0 Å². The molecule has 3 atom stereocenters. The number of ether oxygens (including phenoxy) is 1. The molecule has 3 aromatic rings. The molecule has 2 aromatic carbocycles. The van der Waals surface area contributed by atoms with E-state index in [-0.39, 0.29) is 18.0 Å². The van der Waals surface area contributed by atoms with E-state index in [1.54, 1.807) is 11.2 Å². The van der Waals surface area contributed by atoms with Crippen molar-refractivity contribution in [3.63, 3.8) is 0 Å². The number of benzene rings is 2. The zero-order chi connectivity index (χ0) is 29.0. The number of carbonyl (C=O) groups excluding carboxylic acids is 2. The summed E-state index contributed by atoms with van der Waals surface area (Å²) in [6.45, 7) is 3.56. The number of primary amides is 1. The lowest BCUT2D eigenvalue weighted by atomic mass is 9.77. The number of imidazole rings is 1. The first-order valence-corrected chi connectivity index (χ1v) is 14.4. The number of amides is 2. The lowest BCUT2D eigenvalue weighted by molar-refractivity contribution is -0.0563. The highest BCUT2D eigenvalue weighted by atomic mass is 19.1. The van der Waals surface area contributed by atoms with Crippen molar-refractivity contribution in [3.8, 4) is 11.3 Å². The van der Waals surface area contributed by atoms with E-state index in [0.29, 0.717) is 55.8 Å². The molecule has 218 valence electrons. The van der Waals surface area contributed by atoms with Crippen LogP contribution in [0.1, 0.15) is 67.5 Å². The van der Waals surface area contributed by atoms with Gasteiger partial charge in [0, 0.05) is 37.3 Å². The number of nitrogens with two attached hydrogens (primary N) is 1. The number of piperazine rings is 1. The van der Waals surface area contributed by atoms with Gasteiger partial charge in [-0.15, -0.1) is 0 Å². The van der Waals surface area contributed by atoms with Gasteiger partial charge >= 0.3 is 6.09 Å². The van der Waals surface area contributed by atoms with E-state index in [2.05, 4.69) is 10.3 Å². The van der Waals surface area contributed by atoms with Crippen LogP contribution in [0.5, 0.6) is 0 Å². The van der Waals surface area contributed by atoms with Crippen molar-refractivity contribution in [3.05, 3.63) is 77.8 Å². The molecule has 8 nitrogen and oxygen atoms in total. The minimum atomic E-state index is -0.805. The smallest absolute Gasteiger partial charge is 0.405 e. The lowest BCUT2D eigenvalue weighted by Gasteiger charge is -2.44. The zero-order valence-electron chi connectivity index (χ0n) is 23.3. The van der Waals surface area contributed by atoms with Gasteiger partial charge in [-0.25, -0.2) is 18.6 Å². The van der Waals surface area contributed by atoms with Crippen LogP contribution < -0.4 is 11.1 Å². The van der Waals surface area contributed by atoms with Crippen LogP contribution in [0.4, 0.5) is 13.6 Å². The standard InChI is InChI=1S/C31H37F2N5O3/c1-2-11-31(41-30(34)40)12-7-6-10-26(31)38-20-36-27(28(38)22-8-4-3-5-9-22)29(39)37-14-13-35-19-25(37)17-21-15-23(32)18-24(33)16-21/h3-5,8-9,15-16,18,20,25-26,35H,2,6-7,10-14,17,19H2,1H3,(H2,34,40)/t25-,26+,31+/m1/s1. The highest BCUT2D eigenvalue weighted by Crippen LogP contribution is 2.45. The SMILES string of the molecule is CCC[C@]1(OC(N)=O)CCCC[C@@H]1n1cnc(C(=O)N2CCNC[C@H]2Cc2cc(F)cc(F)c2)c1-c1ccccc1. The van der Waals surface area contributed by atoms with Gasteiger partial charge in [-0.05, 0) is 49.8 Å². The molecule has 2 amide bonds. The summed E-state index contributed by atoms with van der Waals surface area (Å²) in [6.07, 6.45) is 5.89. The molecule has 0 radical (unpaired) electrons. The maximum absolute atomic E-state index is 14.3. The predicted molar refractivity (Wildman–Crippen MR) is 151 cm³/mol. The van der Waals surface area contributed by atoms with Crippen molar-refractivity contribution in [1.82, 2.24) is 19.8 Å². The zero-order valence-corrected chi connectivity index (χ0v) is 23.3. The average molecular weight is 566 g/mol. The van der Waals surface area contributed by atoms with Crippen molar-refractivity contribution in [2.75, 3.05) is 19.6 Å². The van der Waals surface area contributed by atoms with Crippen molar-refractivity contribution < 1.29 is 23.1 Å². The average Bonchev–Trinajstić information content (AvgIpc) is 3.38. The summed E-state index contributed by atoms with van der Waals surface area (Å²) in [5.41, 5.74) is 7.03. The largest absolute Gasteiger partial charge is 0.441 e. The van der Waals surface area contributed by atoms with Crippen molar-refractivity contribution in [1.29, 1.82) is 0 Å². The number of hydrogen-bond acceptors (Lipinski definition) is 5. The molecular weight excluding hydrogens is 528 g/mol. The molecule has 1 aliphatic heterocycles. The fraction of sp³-hybridized carbons (Fsp3) is 0.452. The Morgan fingerprint density at radius 2 is 1.90 bits per heavy atom. The van der Waals surface area contributed by atoms with Crippen LogP contribution in [0.3, 0.4) is 0 Å². The van der Waals surface area contributed by atoms with Gasteiger partial charge in [0.2, 0.25) is 0 Å². The van der Waals surface area contributed by atoms with E-state index in [1.165, 1.54) is 12.1 Å². The third kappa shape index (κ3) is 6.12. The Hall–Kier alpha value is -3.79. The molecule has 2 heterocycles. The Balaban J connectivity index is 1.55. The molecule has 1 aromatic heterocycles. The Morgan fingerprint density at radius 3 is 2.61 bits per heavy atom. The van der Waals surface area contributed by atoms with E-state index in [4.69, 9.17) is 10.5 Å². The Kier molecular flexibility index (Phi) is 8.68. The van der Waals surface area contributed by atoms with Gasteiger partial charge in [-0.3, -0.25) is 4.79 Å². The number of carbonyl (C=O) groups is 2. The van der Waals surface area contributed by atoms with Crippen LogP contribution in [0.2, 0.25) is 0 Å². The van der Waals surface area contributed by atoms with E-state index < -0.39 is 23.3 Å². The normalized spacial score (nSPS) is 22.9. The van der Waals surface area contributed by atoms with Gasteiger partial charge in [-0.1, -0.05) is 50.1 Å². The van der Waals surface area contributed by atoms with Crippen LogP contribution in [0.15, 0.2) is 54.9 Å². The molecule has 2 aliphatic rings. The predicted octanol–water partition coefficient (Wildman–Crippen LogP) is 5.23. The summed E-state index contributed by atoms with van der Waals surface area (Å²) < 4.78 is 35.8. The molecule has 3 N–H and O–H groups in total. The molecule has 1 saturated heterocycles. The number of hydrogen-bond donors (Lipinski definition) is 2. The van der Waals surface area contributed by atoms with E-state index in [0.717, 1.165) is 37.3 Å². The van der Waals surface area contributed by atoms with Crippen LogP contribution in [-0.2, 0) is 11.2 Å². The maximum atomic E-state index is 14.3. The number of nitrogens with one attached hydrogen (secondary N) is 1. The quantitative estimate of drug-likeness (QED) is 0.389. The molecule has 41 heavy (non-hydrogen) atoms. The second-order valence-corrected chi connectivity index (χ2v) is 11.1. The second kappa shape index (κ2) is 12.4. The minimum absolute atomic E-state index is 0.248. The number of rotatable bonds is 8. The Labute approximate surface area is 238 Å². The van der Waals surface area contributed by atoms with Crippen LogP contribution >= 0.6 is 0 Å². The summed E-state index contributed by atoms with van der Waals surface area (Å²) in [5.74, 6) is -1.54. The Bertz CT molecular complexity index is 1360. The molecule has 0 bridgehead atoms. The molecule has 5 rings (SSSR count). The summed E-state index contributed by atoms with van der Waals surface area (Å²) in [4.78, 5) is 32.8. The van der Waals surface area contributed by atoms with E-state index in [1.807, 2.05) is 41.8 Å². The summed E-state index contributed by atoms with van der Waals surface area (Å²) in [5, 5.41) is 3.30. The molecule has 1 saturated carbocycles. The molecule has 10 heteroatoms. The van der Waals surface area contributed by atoms with Crippen LogP contribution in [-0.4, -0.2) is 57.7 Å². The van der Waals surface area contributed by atoms with Gasteiger partial charge in [0.1, 0.15) is 17.2 Å². The van der Waals surface area contributed by atoms with Gasteiger partial charge < -0.3 is 25.3 Å². The first kappa shape index (κ1) is 28.7. The third-order valence-corrected chi connectivity index (χ3v) is 8.30. The molecular formula is C31H37F2N5O3. The third-order valence-electron chi connectivity index (χ3n) is 8.30. The molecule has 0 unspecified atom stereocenters. The fourth-order valence-corrected chi connectivity index (χ4v) is 6.65. The molecule has 2 fully saturated rings. The van der Waals surface area contributed by atoms with Crippen molar-refractivity contribution >= 4 is 12.0 Å². The van der Waals surface area contributed by atoms with Crippen molar-refractivity contribution in [2.45, 2.75) is 69.6 Å². The monoisotopic (exact) mass is 565 g/mol. The van der Waals surface area contributed by atoms with Crippen LogP contribution in [0.25, 0.3) is 11.3 Å². The first-order chi connectivity index (χ1) is 19.8. The number of nitrogens with zero attached hydrogens (tertiary/aromatic N) is 3. The van der Waals surface area contributed by atoms with E-state index in [9.17, 15) is 18.4 Å². The minimum Gasteiger partial charge on any atom is -0.441 e. The number of aromatic nitrogens is 2. The van der Waals surface area contributed by atoms with Crippen molar-refractivity contribution in [2.24, 2.45) is 5.73 Å². The van der Waals surface area contributed by atoms with Gasteiger partial charge in [-0.2, -0.15) is 0 Å². The summed E-state index contributed by atoms with van der Waals surface area (Å²) in [6, 6.07) is 12.5. The first-order valence-electron chi connectivity index (χ1n) is 14.4. The van der Waals surface area contributed by atoms with Gasteiger partial charge in [0.25, 0.3) is 5.91 Å². The maximum Gasteiger partial charge on any atom is 0.405 e.